The van der Waals surface area contributed by atoms with Gasteiger partial charge >= 0.3 is 0 Å². The Morgan fingerprint density at radius 2 is 1.75 bits per heavy atom. The molecule has 7 heteroatoms. The highest BCUT2D eigenvalue weighted by Gasteiger charge is 2.17. The number of benzene rings is 2. The van der Waals surface area contributed by atoms with Gasteiger partial charge in [0.2, 0.25) is 0 Å². The summed E-state index contributed by atoms with van der Waals surface area (Å²) in [5, 5.41) is 13.3. The third-order valence-corrected chi connectivity index (χ3v) is 2.58. The molecule has 2 rings (SSSR count). The summed E-state index contributed by atoms with van der Waals surface area (Å²) in [5.41, 5.74) is -0.552. The van der Waals surface area contributed by atoms with Crippen molar-refractivity contribution >= 4 is 11.4 Å². The first-order valence-corrected chi connectivity index (χ1v) is 5.59. The standard InChI is InChI=1S/C13H9F3N2O2/c14-9-4-8(5-10(15)6-9)7-17-13-11(16)2-1-3-12(13)18(19)20/h1-6,17H,7H2. The van der Waals surface area contributed by atoms with Gasteiger partial charge in [-0.3, -0.25) is 10.1 Å². The van der Waals surface area contributed by atoms with Crippen molar-refractivity contribution in [2.24, 2.45) is 0 Å². The predicted octanol–water partition coefficient (Wildman–Crippen LogP) is 3.62. The molecule has 0 fully saturated rings. The van der Waals surface area contributed by atoms with Crippen molar-refractivity contribution in [3.05, 3.63) is 69.5 Å². The van der Waals surface area contributed by atoms with Gasteiger partial charge in [0.15, 0.2) is 5.82 Å². The number of hydrogen-bond donors (Lipinski definition) is 1. The molecule has 4 nitrogen and oxygen atoms in total. The van der Waals surface area contributed by atoms with Crippen molar-refractivity contribution in [2.45, 2.75) is 6.54 Å². The summed E-state index contributed by atoms with van der Waals surface area (Å²) >= 11 is 0. The maximum absolute atomic E-state index is 13.6. The Morgan fingerprint density at radius 1 is 1.10 bits per heavy atom. The first kappa shape index (κ1) is 13.9. The van der Waals surface area contributed by atoms with Crippen LogP contribution in [0.5, 0.6) is 0 Å². The van der Waals surface area contributed by atoms with Crippen molar-refractivity contribution < 1.29 is 18.1 Å². The average molecular weight is 282 g/mol. The normalized spacial score (nSPS) is 10.3. The number of rotatable bonds is 4. The summed E-state index contributed by atoms with van der Waals surface area (Å²) in [6, 6.07) is 6.22. The van der Waals surface area contributed by atoms with Gasteiger partial charge in [0.1, 0.15) is 17.3 Å². The molecule has 0 heterocycles. The van der Waals surface area contributed by atoms with Crippen molar-refractivity contribution in [1.82, 2.24) is 0 Å². The molecule has 0 aliphatic rings. The lowest BCUT2D eigenvalue weighted by molar-refractivity contribution is -0.384. The second-order valence-corrected chi connectivity index (χ2v) is 4.02. The summed E-state index contributed by atoms with van der Waals surface area (Å²) in [6.07, 6.45) is 0. The van der Waals surface area contributed by atoms with Gasteiger partial charge in [-0.1, -0.05) is 6.07 Å². The highest BCUT2D eigenvalue weighted by molar-refractivity contribution is 5.62. The molecule has 0 aliphatic heterocycles. The third-order valence-electron chi connectivity index (χ3n) is 2.58. The fourth-order valence-corrected chi connectivity index (χ4v) is 1.74. The van der Waals surface area contributed by atoms with Gasteiger partial charge in [-0.25, -0.2) is 13.2 Å². The molecule has 0 bridgehead atoms. The Hall–Kier alpha value is -2.57. The second-order valence-electron chi connectivity index (χ2n) is 4.02. The monoisotopic (exact) mass is 282 g/mol. The SMILES string of the molecule is O=[N+]([O-])c1cccc(F)c1NCc1cc(F)cc(F)c1. The third kappa shape index (κ3) is 3.05. The van der Waals surface area contributed by atoms with Gasteiger partial charge in [-0.15, -0.1) is 0 Å². The van der Waals surface area contributed by atoms with Crippen molar-refractivity contribution in [3.63, 3.8) is 0 Å². The van der Waals surface area contributed by atoms with Crippen LogP contribution in [-0.4, -0.2) is 4.92 Å². The first-order chi connectivity index (χ1) is 9.47. The van der Waals surface area contributed by atoms with Crippen LogP contribution in [0.3, 0.4) is 0 Å². The van der Waals surface area contributed by atoms with E-state index in [0.29, 0.717) is 6.07 Å². The van der Waals surface area contributed by atoms with Gasteiger partial charge in [0, 0.05) is 18.7 Å². The minimum Gasteiger partial charge on any atom is -0.373 e. The van der Waals surface area contributed by atoms with Gasteiger partial charge < -0.3 is 5.32 Å². The molecular weight excluding hydrogens is 273 g/mol. The fraction of sp³-hybridized carbons (Fsp3) is 0.0769. The molecule has 2 aromatic carbocycles. The molecule has 0 amide bonds. The Bertz CT molecular complexity index is 642. The first-order valence-electron chi connectivity index (χ1n) is 5.59. The zero-order valence-electron chi connectivity index (χ0n) is 10.1. The lowest BCUT2D eigenvalue weighted by atomic mass is 10.2. The number of halogens is 3. The molecule has 0 atom stereocenters. The van der Waals surface area contributed by atoms with Crippen LogP contribution >= 0.6 is 0 Å². The van der Waals surface area contributed by atoms with E-state index < -0.39 is 28.1 Å². The quantitative estimate of drug-likeness (QED) is 0.688. The molecule has 0 saturated heterocycles. The van der Waals surface area contributed by atoms with Crippen molar-refractivity contribution in [1.29, 1.82) is 0 Å². The van der Waals surface area contributed by atoms with E-state index in [9.17, 15) is 23.3 Å². The maximum Gasteiger partial charge on any atom is 0.295 e. The number of nitrogens with zero attached hydrogens (tertiary/aromatic N) is 1. The van der Waals surface area contributed by atoms with Crippen LogP contribution in [0, 0.1) is 27.6 Å². The van der Waals surface area contributed by atoms with E-state index in [2.05, 4.69) is 5.32 Å². The Morgan fingerprint density at radius 3 is 2.35 bits per heavy atom. The largest absolute Gasteiger partial charge is 0.373 e. The van der Waals surface area contributed by atoms with Crippen LogP contribution in [-0.2, 0) is 6.54 Å². The van der Waals surface area contributed by atoms with E-state index in [0.717, 1.165) is 24.3 Å². The highest BCUT2D eigenvalue weighted by atomic mass is 19.1. The number of nitrogens with one attached hydrogen (secondary N) is 1. The lowest BCUT2D eigenvalue weighted by Crippen LogP contribution is -2.05. The van der Waals surface area contributed by atoms with Crippen molar-refractivity contribution in [3.8, 4) is 0 Å². The number of anilines is 1. The summed E-state index contributed by atoms with van der Waals surface area (Å²) < 4.78 is 39.5. The molecule has 0 saturated carbocycles. The summed E-state index contributed by atoms with van der Waals surface area (Å²) in [7, 11) is 0. The van der Waals surface area contributed by atoms with Crippen LogP contribution in [0.25, 0.3) is 0 Å². The number of hydrogen-bond acceptors (Lipinski definition) is 3. The minimum atomic E-state index is -0.809. The van der Waals surface area contributed by atoms with Crippen LogP contribution in [0.2, 0.25) is 0 Å². The van der Waals surface area contributed by atoms with E-state index >= 15 is 0 Å². The van der Waals surface area contributed by atoms with Gasteiger partial charge in [-0.05, 0) is 23.8 Å². The van der Waals surface area contributed by atoms with Crippen LogP contribution in [0.1, 0.15) is 5.56 Å². The van der Waals surface area contributed by atoms with E-state index in [1.165, 1.54) is 6.07 Å². The van der Waals surface area contributed by atoms with Gasteiger partial charge in [0.05, 0.1) is 4.92 Å². The summed E-state index contributed by atoms with van der Waals surface area (Å²) in [5.74, 6) is -2.36. The van der Waals surface area contributed by atoms with Crippen LogP contribution in [0.4, 0.5) is 24.5 Å². The highest BCUT2D eigenvalue weighted by Crippen LogP contribution is 2.27. The Kier molecular flexibility index (Phi) is 3.88. The van der Waals surface area contributed by atoms with E-state index in [1.807, 2.05) is 0 Å². The zero-order chi connectivity index (χ0) is 14.7. The zero-order valence-corrected chi connectivity index (χ0v) is 10.1. The smallest absolute Gasteiger partial charge is 0.295 e. The molecule has 1 N–H and O–H groups in total. The molecule has 0 radical (unpaired) electrons. The topological polar surface area (TPSA) is 55.2 Å². The van der Waals surface area contributed by atoms with Gasteiger partial charge in [0.25, 0.3) is 5.69 Å². The molecule has 2 aromatic rings. The fourth-order valence-electron chi connectivity index (χ4n) is 1.74. The Labute approximate surface area is 112 Å². The molecule has 0 aliphatic carbocycles. The van der Waals surface area contributed by atoms with E-state index in [-0.39, 0.29) is 17.8 Å². The number of nitro benzene ring substituents is 1. The average Bonchev–Trinajstić information content (AvgIpc) is 2.35. The van der Waals surface area contributed by atoms with Crippen molar-refractivity contribution in [2.75, 3.05) is 5.32 Å². The molecular formula is C13H9F3N2O2. The Balaban J connectivity index is 2.25. The summed E-state index contributed by atoms with van der Waals surface area (Å²) in [4.78, 5) is 10.0. The summed E-state index contributed by atoms with van der Waals surface area (Å²) in [6.45, 7) is -0.142. The van der Waals surface area contributed by atoms with E-state index in [4.69, 9.17) is 0 Å². The molecule has 104 valence electrons. The van der Waals surface area contributed by atoms with Crippen LogP contribution < -0.4 is 5.32 Å². The molecule has 0 aromatic heterocycles. The second kappa shape index (κ2) is 5.60. The number of nitro groups is 1. The van der Waals surface area contributed by atoms with Gasteiger partial charge in [-0.2, -0.15) is 0 Å². The number of para-hydroxylation sites is 1. The lowest BCUT2D eigenvalue weighted by Gasteiger charge is -2.08. The van der Waals surface area contributed by atoms with E-state index in [1.54, 1.807) is 0 Å². The minimum absolute atomic E-state index is 0.142. The predicted molar refractivity (Wildman–Crippen MR) is 66.7 cm³/mol. The molecule has 20 heavy (non-hydrogen) atoms. The molecule has 0 spiro atoms. The van der Waals surface area contributed by atoms with Crippen LogP contribution in [0.15, 0.2) is 36.4 Å². The molecule has 0 unspecified atom stereocenters. The maximum atomic E-state index is 13.6.